The molecule has 2 amide bonds. The molecule has 0 unspecified atom stereocenters. The molecule has 192 valence electrons. The summed E-state index contributed by atoms with van der Waals surface area (Å²) in [7, 11) is 5.66. The van der Waals surface area contributed by atoms with E-state index in [9.17, 15) is 9.59 Å². The summed E-state index contributed by atoms with van der Waals surface area (Å²) < 4.78 is 0. The first-order valence-corrected chi connectivity index (χ1v) is 12.5. The summed E-state index contributed by atoms with van der Waals surface area (Å²) in [6.45, 7) is 0.685. The van der Waals surface area contributed by atoms with Crippen molar-refractivity contribution in [2.45, 2.75) is 6.42 Å². The van der Waals surface area contributed by atoms with Gasteiger partial charge in [-0.3, -0.25) is 19.6 Å². The Morgan fingerprint density at radius 2 is 1.68 bits per heavy atom. The van der Waals surface area contributed by atoms with Gasteiger partial charge in [0.2, 0.25) is 5.91 Å². The number of nitrogens with zero attached hydrogens (tertiary/aromatic N) is 4. The van der Waals surface area contributed by atoms with Gasteiger partial charge in [-0.15, -0.1) is 0 Å². The van der Waals surface area contributed by atoms with Crippen LogP contribution in [-0.4, -0.2) is 54.4 Å². The zero-order valence-electron chi connectivity index (χ0n) is 21.3. The van der Waals surface area contributed by atoms with Crippen LogP contribution in [0.1, 0.15) is 17.5 Å². The molecule has 0 atom stereocenters. The molecule has 8 nitrogen and oxygen atoms in total. The van der Waals surface area contributed by atoms with Gasteiger partial charge in [-0.1, -0.05) is 23.7 Å². The lowest BCUT2D eigenvalue weighted by Gasteiger charge is -2.20. The van der Waals surface area contributed by atoms with Crippen LogP contribution in [0.15, 0.2) is 73.1 Å². The number of halogens is 1. The van der Waals surface area contributed by atoms with Gasteiger partial charge in [0.1, 0.15) is 0 Å². The minimum absolute atomic E-state index is 0.0392. The number of carbonyl (C=O) groups excluding carboxylic acids is 2. The van der Waals surface area contributed by atoms with E-state index in [0.29, 0.717) is 40.5 Å². The van der Waals surface area contributed by atoms with Crippen LogP contribution in [0.2, 0.25) is 5.02 Å². The van der Waals surface area contributed by atoms with Crippen molar-refractivity contribution < 1.29 is 9.59 Å². The second-order valence-electron chi connectivity index (χ2n) is 9.33. The highest BCUT2D eigenvalue weighted by Crippen LogP contribution is 2.39. The number of hydrogen-bond acceptors (Lipinski definition) is 6. The lowest BCUT2D eigenvalue weighted by Crippen LogP contribution is -2.29. The number of benzene rings is 3. The van der Waals surface area contributed by atoms with E-state index in [1.807, 2.05) is 67.5 Å². The van der Waals surface area contributed by atoms with E-state index in [1.165, 1.54) is 0 Å². The molecule has 2 N–H and O–H groups in total. The van der Waals surface area contributed by atoms with Gasteiger partial charge in [0, 0.05) is 59.9 Å². The van der Waals surface area contributed by atoms with Crippen LogP contribution in [0.5, 0.6) is 0 Å². The number of amides is 2. The molecule has 3 aromatic carbocycles. The van der Waals surface area contributed by atoms with Gasteiger partial charge in [0.15, 0.2) is 0 Å². The fraction of sp³-hybridized carbons (Fsp3) is 0.172. The number of carbonyl (C=O) groups is 2. The van der Waals surface area contributed by atoms with Crippen molar-refractivity contribution in [2.75, 3.05) is 43.2 Å². The Morgan fingerprint density at radius 3 is 2.42 bits per heavy atom. The van der Waals surface area contributed by atoms with E-state index in [-0.39, 0.29) is 11.8 Å². The van der Waals surface area contributed by atoms with E-state index >= 15 is 0 Å². The molecule has 1 aromatic heterocycles. The SMILES string of the molecule is CN(C)CCC(=O)N(C)c1ccc(N/C(=C2\C(=O)Nc3cc(Cl)ccc32)c2ccc3nccnc3c2)cc1. The number of rotatable bonds is 7. The van der Waals surface area contributed by atoms with Crippen LogP contribution in [0, 0.1) is 0 Å². The summed E-state index contributed by atoms with van der Waals surface area (Å²) in [6.07, 6.45) is 3.72. The first kappa shape index (κ1) is 25.4. The Hall–Kier alpha value is -4.27. The van der Waals surface area contributed by atoms with Crippen LogP contribution in [0.4, 0.5) is 17.1 Å². The average Bonchev–Trinajstić information content (AvgIpc) is 3.24. The molecule has 2 heterocycles. The zero-order valence-corrected chi connectivity index (χ0v) is 22.1. The minimum Gasteiger partial charge on any atom is -0.354 e. The Kier molecular flexibility index (Phi) is 7.09. The van der Waals surface area contributed by atoms with E-state index in [1.54, 1.807) is 36.5 Å². The molecule has 38 heavy (non-hydrogen) atoms. The molecule has 9 heteroatoms. The molecular formula is C29H27ClN6O2. The third-order valence-electron chi connectivity index (χ3n) is 6.41. The van der Waals surface area contributed by atoms with Gasteiger partial charge < -0.3 is 20.4 Å². The third kappa shape index (κ3) is 5.22. The van der Waals surface area contributed by atoms with Crippen LogP contribution in [-0.2, 0) is 9.59 Å². The highest BCUT2D eigenvalue weighted by molar-refractivity contribution is 6.38. The molecule has 0 bridgehead atoms. The van der Waals surface area contributed by atoms with E-state index in [0.717, 1.165) is 28.0 Å². The van der Waals surface area contributed by atoms with Gasteiger partial charge in [-0.25, -0.2) is 0 Å². The summed E-state index contributed by atoms with van der Waals surface area (Å²) in [5.41, 5.74) is 6.34. The minimum atomic E-state index is -0.230. The molecule has 0 radical (unpaired) electrons. The molecule has 0 saturated carbocycles. The van der Waals surface area contributed by atoms with Crippen LogP contribution in [0.3, 0.4) is 0 Å². The first-order valence-electron chi connectivity index (χ1n) is 12.2. The molecule has 1 aliphatic rings. The third-order valence-corrected chi connectivity index (χ3v) is 6.64. The fourth-order valence-electron chi connectivity index (χ4n) is 4.33. The normalized spacial score (nSPS) is 13.9. The van der Waals surface area contributed by atoms with Crippen LogP contribution < -0.4 is 15.5 Å². The Labute approximate surface area is 226 Å². The first-order chi connectivity index (χ1) is 18.3. The van der Waals surface area contributed by atoms with Gasteiger partial charge >= 0.3 is 0 Å². The number of nitrogens with one attached hydrogen (secondary N) is 2. The smallest absolute Gasteiger partial charge is 0.258 e. The van der Waals surface area contributed by atoms with Gasteiger partial charge in [0.05, 0.1) is 28.0 Å². The Bertz CT molecular complexity index is 1570. The number of anilines is 3. The maximum Gasteiger partial charge on any atom is 0.258 e. The number of hydrogen-bond donors (Lipinski definition) is 2. The van der Waals surface area contributed by atoms with Gasteiger partial charge in [-0.05, 0) is 62.6 Å². The molecule has 0 fully saturated rings. The quantitative estimate of drug-likeness (QED) is 0.324. The van der Waals surface area contributed by atoms with E-state index in [2.05, 4.69) is 20.6 Å². The molecule has 1 aliphatic heterocycles. The second-order valence-corrected chi connectivity index (χ2v) is 9.77. The summed E-state index contributed by atoms with van der Waals surface area (Å²) in [6, 6.07) is 18.6. The lowest BCUT2D eigenvalue weighted by molar-refractivity contribution is -0.118. The predicted octanol–water partition coefficient (Wildman–Crippen LogP) is 5.13. The summed E-state index contributed by atoms with van der Waals surface area (Å²) in [4.78, 5) is 38.2. The highest BCUT2D eigenvalue weighted by atomic mass is 35.5. The lowest BCUT2D eigenvalue weighted by atomic mass is 9.99. The molecule has 0 spiro atoms. The number of fused-ring (bicyclic) bond motifs is 2. The average molecular weight is 527 g/mol. The van der Waals surface area contributed by atoms with Crippen molar-refractivity contribution in [3.8, 4) is 0 Å². The van der Waals surface area contributed by atoms with Crippen molar-refractivity contribution in [3.63, 3.8) is 0 Å². The molecule has 0 aliphatic carbocycles. The standard InChI is InChI=1S/C29H27ClN6O2/c1-35(2)15-12-26(37)36(3)21-8-6-20(7-9-21)33-28(18-4-11-23-25(16-18)32-14-13-31-23)27-22-10-5-19(30)17-24(22)34-29(27)38/h4-11,13-14,16-17,33H,12,15H2,1-3H3,(H,34,38)/b28-27-. The molecule has 5 rings (SSSR count). The van der Waals surface area contributed by atoms with Crippen LogP contribution >= 0.6 is 11.6 Å². The van der Waals surface area contributed by atoms with Crippen molar-refractivity contribution in [1.29, 1.82) is 0 Å². The summed E-state index contributed by atoms with van der Waals surface area (Å²) in [5, 5.41) is 6.91. The predicted molar refractivity (Wildman–Crippen MR) is 153 cm³/mol. The van der Waals surface area contributed by atoms with E-state index < -0.39 is 0 Å². The highest BCUT2D eigenvalue weighted by Gasteiger charge is 2.29. The topological polar surface area (TPSA) is 90.5 Å². The second kappa shape index (κ2) is 10.6. The zero-order chi connectivity index (χ0) is 26.8. The fourth-order valence-corrected chi connectivity index (χ4v) is 4.51. The summed E-state index contributed by atoms with van der Waals surface area (Å²) >= 11 is 6.18. The number of aromatic nitrogens is 2. The van der Waals surface area contributed by atoms with Crippen molar-refractivity contribution >= 4 is 62.8 Å². The molecule has 4 aromatic rings. The maximum atomic E-state index is 13.2. The maximum absolute atomic E-state index is 13.2. The van der Waals surface area contributed by atoms with Gasteiger partial charge in [-0.2, -0.15) is 0 Å². The molecular weight excluding hydrogens is 500 g/mol. The largest absolute Gasteiger partial charge is 0.354 e. The van der Waals surface area contributed by atoms with Crippen molar-refractivity contribution in [3.05, 3.63) is 89.2 Å². The van der Waals surface area contributed by atoms with Gasteiger partial charge in [0.25, 0.3) is 5.91 Å². The van der Waals surface area contributed by atoms with Crippen molar-refractivity contribution in [1.82, 2.24) is 14.9 Å². The monoisotopic (exact) mass is 526 g/mol. The Morgan fingerprint density at radius 1 is 0.947 bits per heavy atom. The Balaban J connectivity index is 1.53. The van der Waals surface area contributed by atoms with Crippen LogP contribution in [0.25, 0.3) is 22.3 Å². The van der Waals surface area contributed by atoms with E-state index in [4.69, 9.17) is 11.6 Å². The van der Waals surface area contributed by atoms with Crippen molar-refractivity contribution in [2.24, 2.45) is 0 Å². The summed E-state index contributed by atoms with van der Waals surface area (Å²) in [5.74, 6) is -0.191. The molecule has 0 saturated heterocycles.